The number of rotatable bonds is 9. The Kier molecular flexibility index (Phi) is 8.72. The molecule has 2 rings (SSSR count). The van der Waals surface area contributed by atoms with Gasteiger partial charge in [-0.05, 0) is 37.5 Å². The predicted molar refractivity (Wildman–Crippen MR) is 127 cm³/mol. The first-order valence-electron chi connectivity index (χ1n) is 11.4. The third-order valence-electron chi connectivity index (χ3n) is 6.52. The van der Waals surface area contributed by atoms with Gasteiger partial charge < -0.3 is 24.1 Å². The number of amides is 1. The van der Waals surface area contributed by atoms with Crippen LogP contribution in [-0.4, -0.2) is 66.1 Å². The van der Waals surface area contributed by atoms with Gasteiger partial charge in [-0.3, -0.25) is 9.69 Å². The summed E-state index contributed by atoms with van der Waals surface area (Å²) in [6.45, 7) is 14.5. The second-order valence-electron chi connectivity index (χ2n) is 10.6. The van der Waals surface area contributed by atoms with Crippen LogP contribution in [-0.2, 0) is 25.3 Å². The van der Waals surface area contributed by atoms with E-state index in [1.54, 1.807) is 13.8 Å². The minimum Gasteiger partial charge on any atom is -0.481 e. The van der Waals surface area contributed by atoms with Crippen LogP contribution in [0.4, 0.5) is 4.79 Å². The van der Waals surface area contributed by atoms with Crippen molar-refractivity contribution in [2.24, 2.45) is 0 Å². The summed E-state index contributed by atoms with van der Waals surface area (Å²) in [5, 5.41) is 19.3. The molecular weight excluding hydrogens is 442 g/mol. The fraction of sp³-hybridized carbons (Fsp3) is 0.667. The molecule has 1 heterocycles. The Morgan fingerprint density at radius 2 is 1.82 bits per heavy atom. The first-order chi connectivity index (χ1) is 15.1. The number of carboxylic acids is 1. The summed E-state index contributed by atoms with van der Waals surface area (Å²) < 4.78 is 18.2. The lowest BCUT2D eigenvalue weighted by Crippen LogP contribution is -2.52. The molecule has 2 N–H and O–H groups in total. The molecule has 1 fully saturated rings. The smallest absolute Gasteiger partial charge is 0.412 e. The molecule has 8 nitrogen and oxygen atoms in total. The Balaban J connectivity index is 2.24. The minimum atomic E-state index is -2.14. The monoisotopic (exact) mass is 481 g/mol. The molecule has 33 heavy (non-hydrogen) atoms. The number of hydrogen-bond donors (Lipinski definition) is 2. The van der Waals surface area contributed by atoms with Crippen LogP contribution in [0.15, 0.2) is 30.3 Å². The Hall–Kier alpha value is -1.94. The molecule has 1 aromatic rings. The lowest BCUT2D eigenvalue weighted by molar-refractivity contribution is -0.139. The summed E-state index contributed by atoms with van der Waals surface area (Å²) >= 11 is 0. The summed E-state index contributed by atoms with van der Waals surface area (Å²) in [7, 11) is -2.14. The molecule has 0 saturated carbocycles. The summed E-state index contributed by atoms with van der Waals surface area (Å²) in [6.07, 6.45) is -2.55. The van der Waals surface area contributed by atoms with Gasteiger partial charge in [0.15, 0.2) is 8.32 Å². The Morgan fingerprint density at radius 3 is 2.36 bits per heavy atom. The van der Waals surface area contributed by atoms with Gasteiger partial charge >= 0.3 is 12.1 Å². The SMILES string of the molecule is CC1(C)O[C@@H](C[C@H](O)CC(=O)O)[C@H](CO[Si](C)(C)C(C)(C)C)N1C(=O)OCc1ccccc1. The van der Waals surface area contributed by atoms with Crippen molar-refractivity contribution in [2.75, 3.05) is 6.61 Å². The van der Waals surface area contributed by atoms with Crippen molar-refractivity contribution in [3.8, 4) is 0 Å². The number of nitrogens with zero attached hydrogens (tertiary/aromatic N) is 1. The van der Waals surface area contributed by atoms with E-state index in [1.165, 1.54) is 4.90 Å². The van der Waals surface area contributed by atoms with Crippen molar-refractivity contribution < 1.29 is 33.7 Å². The number of carbonyl (C=O) groups is 2. The molecule has 1 amide bonds. The van der Waals surface area contributed by atoms with Crippen molar-refractivity contribution in [1.29, 1.82) is 0 Å². The van der Waals surface area contributed by atoms with Crippen LogP contribution in [0.1, 0.15) is 53.0 Å². The van der Waals surface area contributed by atoms with Gasteiger partial charge in [-0.15, -0.1) is 0 Å². The highest BCUT2D eigenvalue weighted by Crippen LogP contribution is 2.39. The Bertz CT molecular complexity index is 807. The van der Waals surface area contributed by atoms with Gasteiger partial charge in [0.1, 0.15) is 12.3 Å². The van der Waals surface area contributed by atoms with Gasteiger partial charge in [0, 0.05) is 6.42 Å². The molecule has 0 spiro atoms. The molecule has 0 unspecified atom stereocenters. The van der Waals surface area contributed by atoms with Crippen LogP contribution >= 0.6 is 0 Å². The van der Waals surface area contributed by atoms with Gasteiger partial charge in [-0.25, -0.2) is 4.79 Å². The highest BCUT2D eigenvalue weighted by molar-refractivity contribution is 6.74. The van der Waals surface area contributed by atoms with Crippen LogP contribution in [0.25, 0.3) is 0 Å². The van der Waals surface area contributed by atoms with E-state index in [1.807, 2.05) is 30.3 Å². The van der Waals surface area contributed by atoms with E-state index in [2.05, 4.69) is 33.9 Å². The zero-order chi connectivity index (χ0) is 25.0. The number of aliphatic hydroxyl groups excluding tert-OH is 1. The lowest BCUT2D eigenvalue weighted by Gasteiger charge is -2.39. The zero-order valence-electron chi connectivity index (χ0n) is 20.8. The van der Waals surface area contributed by atoms with E-state index in [-0.39, 0.29) is 24.7 Å². The number of hydrogen-bond acceptors (Lipinski definition) is 6. The maximum Gasteiger partial charge on any atom is 0.412 e. The van der Waals surface area contributed by atoms with E-state index >= 15 is 0 Å². The summed E-state index contributed by atoms with van der Waals surface area (Å²) in [6, 6.07) is 8.87. The highest BCUT2D eigenvalue weighted by atomic mass is 28.4. The number of carboxylic acid groups (broad SMARTS) is 1. The normalized spacial score (nSPS) is 21.6. The van der Waals surface area contributed by atoms with Crippen LogP contribution in [0.2, 0.25) is 18.1 Å². The topological polar surface area (TPSA) is 106 Å². The third kappa shape index (κ3) is 7.27. The van der Waals surface area contributed by atoms with E-state index in [0.717, 1.165) is 5.56 Å². The molecule has 9 heteroatoms. The molecule has 3 atom stereocenters. The lowest BCUT2D eigenvalue weighted by atomic mass is 10.0. The van der Waals surface area contributed by atoms with Crippen LogP contribution in [0.3, 0.4) is 0 Å². The number of ether oxygens (including phenoxy) is 2. The molecule has 1 aliphatic rings. The van der Waals surface area contributed by atoms with Gasteiger partial charge in [0.05, 0.1) is 31.3 Å². The van der Waals surface area contributed by atoms with Crippen molar-refractivity contribution in [3.63, 3.8) is 0 Å². The van der Waals surface area contributed by atoms with E-state index in [0.29, 0.717) is 0 Å². The predicted octanol–water partition coefficient (Wildman–Crippen LogP) is 4.38. The average Bonchev–Trinajstić information content (AvgIpc) is 2.93. The van der Waals surface area contributed by atoms with Crippen molar-refractivity contribution in [3.05, 3.63) is 35.9 Å². The van der Waals surface area contributed by atoms with Crippen LogP contribution in [0, 0.1) is 0 Å². The van der Waals surface area contributed by atoms with E-state index < -0.39 is 50.8 Å². The van der Waals surface area contributed by atoms with E-state index in [4.69, 9.17) is 19.0 Å². The molecule has 1 saturated heterocycles. The molecule has 1 aliphatic heterocycles. The summed E-state index contributed by atoms with van der Waals surface area (Å²) in [5.41, 5.74) is -0.144. The molecule has 0 aliphatic carbocycles. The van der Waals surface area contributed by atoms with Gasteiger partial charge in [0.2, 0.25) is 0 Å². The fourth-order valence-electron chi connectivity index (χ4n) is 3.67. The largest absolute Gasteiger partial charge is 0.481 e. The van der Waals surface area contributed by atoms with Crippen molar-refractivity contribution >= 4 is 20.4 Å². The zero-order valence-corrected chi connectivity index (χ0v) is 21.8. The van der Waals surface area contributed by atoms with Gasteiger partial charge in [0.25, 0.3) is 0 Å². The highest BCUT2D eigenvalue weighted by Gasteiger charge is 2.52. The molecular formula is C24H39NO7Si. The number of benzene rings is 1. The Morgan fingerprint density at radius 1 is 1.21 bits per heavy atom. The Labute approximate surface area is 198 Å². The van der Waals surface area contributed by atoms with E-state index in [9.17, 15) is 14.7 Å². The number of aliphatic hydroxyl groups is 1. The minimum absolute atomic E-state index is 0.0288. The maximum atomic E-state index is 13.2. The van der Waals surface area contributed by atoms with Crippen LogP contribution in [0.5, 0.6) is 0 Å². The summed E-state index contributed by atoms with van der Waals surface area (Å²) in [4.78, 5) is 25.8. The van der Waals surface area contributed by atoms with Gasteiger partial charge in [-0.1, -0.05) is 51.1 Å². The number of carbonyl (C=O) groups excluding carboxylic acids is 1. The van der Waals surface area contributed by atoms with Crippen molar-refractivity contribution in [1.82, 2.24) is 4.90 Å². The molecule has 186 valence electrons. The average molecular weight is 482 g/mol. The molecule has 0 radical (unpaired) electrons. The fourth-order valence-corrected chi connectivity index (χ4v) is 4.69. The quantitative estimate of drug-likeness (QED) is 0.504. The first-order valence-corrected chi connectivity index (χ1v) is 14.3. The van der Waals surface area contributed by atoms with Crippen molar-refractivity contribution in [2.45, 2.75) is 96.2 Å². The molecule has 0 aromatic heterocycles. The first kappa shape index (κ1) is 27.3. The maximum absolute atomic E-state index is 13.2. The number of aliphatic carboxylic acids is 1. The second-order valence-corrected chi connectivity index (χ2v) is 15.4. The van der Waals surface area contributed by atoms with Crippen LogP contribution < -0.4 is 0 Å². The molecule has 0 bridgehead atoms. The third-order valence-corrected chi connectivity index (χ3v) is 11.0. The summed E-state index contributed by atoms with van der Waals surface area (Å²) in [5.74, 6) is -1.09. The molecule has 1 aromatic carbocycles. The van der Waals surface area contributed by atoms with Gasteiger partial charge in [-0.2, -0.15) is 0 Å². The standard InChI is InChI=1S/C24H39NO7Si/c1-23(2,3)33(6,7)31-16-19-20(13-18(26)14-21(27)28)32-24(4,5)25(19)22(29)30-15-17-11-9-8-10-12-17/h8-12,18-20,26H,13-16H2,1-7H3,(H,27,28)/t18-,19-,20-/m0/s1. The second kappa shape index (κ2) is 10.5.